The number of ether oxygens (including phenoxy) is 1. The first-order valence-corrected chi connectivity index (χ1v) is 12.0. The fourth-order valence-electron chi connectivity index (χ4n) is 3.21. The molecule has 1 aliphatic heterocycles. The molecule has 1 aromatic heterocycles. The summed E-state index contributed by atoms with van der Waals surface area (Å²) < 4.78 is 33.4. The van der Waals surface area contributed by atoms with E-state index >= 15 is 0 Å². The van der Waals surface area contributed by atoms with Gasteiger partial charge in [-0.3, -0.25) is 4.79 Å². The molecule has 6 nitrogen and oxygen atoms in total. The van der Waals surface area contributed by atoms with Gasteiger partial charge in [0.25, 0.3) is 15.9 Å². The maximum atomic E-state index is 13.1. The van der Waals surface area contributed by atoms with Crippen molar-refractivity contribution in [3.63, 3.8) is 0 Å². The predicted molar refractivity (Wildman–Crippen MR) is 117 cm³/mol. The molecule has 0 unspecified atom stereocenters. The van der Waals surface area contributed by atoms with Crippen LogP contribution in [0.4, 0.5) is 0 Å². The third kappa shape index (κ3) is 4.37. The Balaban J connectivity index is 1.46. The van der Waals surface area contributed by atoms with Crippen LogP contribution in [0.15, 0.2) is 70.9 Å². The Morgan fingerprint density at radius 1 is 0.900 bits per heavy atom. The molecule has 2 heterocycles. The van der Waals surface area contributed by atoms with Gasteiger partial charge in [-0.15, -0.1) is 11.3 Å². The van der Waals surface area contributed by atoms with Gasteiger partial charge in [-0.05, 0) is 36.4 Å². The Labute approximate surface area is 184 Å². The molecule has 9 heteroatoms. The minimum atomic E-state index is -3.60. The van der Waals surface area contributed by atoms with Crippen LogP contribution in [0.1, 0.15) is 10.4 Å². The van der Waals surface area contributed by atoms with Gasteiger partial charge in [-0.25, -0.2) is 8.42 Å². The van der Waals surface area contributed by atoms with Crippen molar-refractivity contribution < 1.29 is 17.9 Å². The Morgan fingerprint density at radius 3 is 2.23 bits per heavy atom. The molecular weight excluding hydrogens is 444 g/mol. The van der Waals surface area contributed by atoms with Crippen LogP contribution >= 0.6 is 22.9 Å². The third-order valence-corrected chi connectivity index (χ3v) is 8.35. The number of carbonyl (C=O) groups excluding carboxylic acids is 1. The van der Waals surface area contributed by atoms with Crippen LogP contribution in [-0.2, 0) is 10.0 Å². The fraction of sp³-hybridized carbons (Fsp3) is 0.190. The number of hydrogen-bond donors (Lipinski definition) is 0. The molecule has 0 saturated carbocycles. The van der Waals surface area contributed by atoms with E-state index in [1.54, 1.807) is 29.2 Å². The van der Waals surface area contributed by atoms with Gasteiger partial charge in [0, 0.05) is 26.2 Å². The maximum Gasteiger partial charge on any atom is 0.257 e. The molecule has 3 aromatic rings. The quantitative estimate of drug-likeness (QED) is 0.565. The van der Waals surface area contributed by atoms with Crippen molar-refractivity contribution in [1.29, 1.82) is 0 Å². The van der Waals surface area contributed by atoms with Crippen LogP contribution in [0.2, 0.25) is 4.34 Å². The lowest BCUT2D eigenvalue weighted by molar-refractivity contribution is 0.0695. The molecular formula is C21H19ClN2O4S2. The number of para-hydroxylation sites is 2. The molecule has 0 N–H and O–H groups in total. The first kappa shape index (κ1) is 20.9. The zero-order valence-corrected chi connectivity index (χ0v) is 18.3. The molecule has 1 saturated heterocycles. The van der Waals surface area contributed by atoms with Crippen molar-refractivity contribution >= 4 is 38.9 Å². The number of sulfonamides is 1. The van der Waals surface area contributed by atoms with Crippen LogP contribution in [0.25, 0.3) is 0 Å². The highest BCUT2D eigenvalue weighted by molar-refractivity contribution is 7.91. The summed E-state index contributed by atoms with van der Waals surface area (Å²) in [5.74, 6) is 0.929. The molecule has 0 atom stereocenters. The first-order chi connectivity index (χ1) is 14.4. The van der Waals surface area contributed by atoms with Crippen LogP contribution < -0.4 is 4.74 Å². The minimum Gasteiger partial charge on any atom is -0.457 e. The van der Waals surface area contributed by atoms with E-state index in [4.69, 9.17) is 16.3 Å². The van der Waals surface area contributed by atoms with E-state index in [1.807, 2.05) is 36.4 Å². The summed E-state index contributed by atoms with van der Waals surface area (Å²) >= 11 is 6.92. The number of benzene rings is 2. The second kappa shape index (κ2) is 8.77. The van der Waals surface area contributed by atoms with Gasteiger partial charge in [0.2, 0.25) is 0 Å². The molecule has 1 amide bonds. The fourth-order valence-corrected chi connectivity index (χ4v) is 6.27. The molecule has 1 fully saturated rings. The maximum absolute atomic E-state index is 13.1. The van der Waals surface area contributed by atoms with Gasteiger partial charge >= 0.3 is 0 Å². The van der Waals surface area contributed by atoms with Crippen LogP contribution in [0.3, 0.4) is 0 Å². The van der Waals surface area contributed by atoms with Crippen molar-refractivity contribution in [1.82, 2.24) is 9.21 Å². The van der Waals surface area contributed by atoms with Crippen molar-refractivity contribution in [3.8, 4) is 11.5 Å². The minimum absolute atomic E-state index is 0.183. The lowest BCUT2D eigenvalue weighted by Gasteiger charge is -2.34. The summed E-state index contributed by atoms with van der Waals surface area (Å²) in [7, 11) is -3.60. The summed E-state index contributed by atoms with van der Waals surface area (Å²) in [6.45, 7) is 1.06. The highest BCUT2D eigenvalue weighted by Gasteiger charge is 2.32. The number of carbonyl (C=O) groups is 1. The summed E-state index contributed by atoms with van der Waals surface area (Å²) in [5, 5.41) is 0. The van der Waals surface area contributed by atoms with E-state index in [2.05, 4.69) is 0 Å². The molecule has 156 valence electrons. The van der Waals surface area contributed by atoms with Crippen LogP contribution in [0.5, 0.6) is 11.5 Å². The van der Waals surface area contributed by atoms with E-state index in [-0.39, 0.29) is 23.2 Å². The van der Waals surface area contributed by atoms with Gasteiger partial charge < -0.3 is 9.64 Å². The van der Waals surface area contributed by atoms with E-state index in [0.717, 1.165) is 11.3 Å². The van der Waals surface area contributed by atoms with Gasteiger partial charge in [0.15, 0.2) is 0 Å². The lowest BCUT2D eigenvalue weighted by atomic mass is 10.1. The molecule has 0 aliphatic carbocycles. The van der Waals surface area contributed by atoms with Gasteiger partial charge in [0.05, 0.1) is 9.90 Å². The highest BCUT2D eigenvalue weighted by atomic mass is 35.5. The summed E-state index contributed by atoms with van der Waals surface area (Å²) in [6, 6.07) is 19.4. The standard InChI is InChI=1S/C21H19ClN2O4S2/c22-19-10-11-20(29-19)30(26,27)24-14-12-23(13-15-24)21(25)17-8-4-5-9-18(17)28-16-6-2-1-3-7-16/h1-11H,12-15H2. The van der Waals surface area contributed by atoms with Gasteiger partial charge in [0.1, 0.15) is 15.7 Å². The summed E-state index contributed by atoms with van der Waals surface area (Å²) in [5.41, 5.74) is 0.447. The SMILES string of the molecule is O=C(c1ccccc1Oc1ccccc1)N1CCN(S(=O)(=O)c2ccc(Cl)s2)CC1. The molecule has 0 bridgehead atoms. The number of rotatable bonds is 5. The number of nitrogens with zero attached hydrogens (tertiary/aromatic N) is 2. The zero-order valence-electron chi connectivity index (χ0n) is 15.9. The van der Waals surface area contributed by atoms with Gasteiger partial charge in [-0.1, -0.05) is 41.9 Å². The van der Waals surface area contributed by atoms with E-state index in [9.17, 15) is 13.2 Å². The van der Waals surface area contributed by atoms with Crippen molar-refractivity contribution in [2.75, 3.05) is 26.2 Å². The molecule has 2 aromatic carbocycles. The second-order valence-electron chi connectivity index (χ2n) is 6.67. The van der Waals surface area contributed by atoms with Crippen LogP contribution in [-0.4, -0.2) is 49.7 Å². The van der Waals surface area contributed by atoms with Crippen molar-refractivity contribution in [2.24, 2.45) is 0 Å². The Hall–Kier alpha value is -2.39. The Kier molecular flexibility index (Phi) is 6.10. The van der Waals surface area contributed by atoms with Crippen LogP contribution in [0, 0.1) is 0 Å². The number of piperazine rings is 1. The molecule has 4 rings (SSSR count). The topological polar surface area (TPSA) is 66.9 Å². The zero-order chi connectivity index (χ0) is 21.1. The lowest BCUT2D eigenvalue weighted by Crippen LogP contribution is -2.50. The normalized spacial score (nSPS) is 15.2. The largest absolute Gasteiger partial charge is 0.457 e. The second-order valence-corrected chi connectivity index (χ2v) is 10.5. The van der Waals surface area contributed by atoms with Crippen molar-refractivity contribution in [2.45, 2.75) is 4.21 Å². The Morgan fingerprint density at radius 2 is 1.57 bits per heavy atom. The van der Waals surface area contributed by atoms with Crippen molar-refractivity contribution in [3.05, 3.63) is 76.6 Å². The smallest absolute Gasteiger partial charge is 0.257 e. The molecule has 0 radical (unpaired) electrons. The van der Waals surface area contributed by atoms with E-state index in [1.165, 1.54) is 10.4 Å². The monoisotopic (exact) mass is 462 g/mol. The molecule has 0 spiro atoms. The first-order valence-electron chi connectivity index (χ1n) is 9.32. The number of halogens is 1. The average Bonchev–Trinajstić information content (AvgIpc) is 3.22. The van der Waals surface area contributed by atoms with Gasteiger partial charge in [-0.2, -0.15) is 4.31 Å². The average molecular weight is 463 g/mol. The Bertz CT molecular complexity index is 1140. The van der Waals surface area contributed by atoms with E-state index < -0.39 is 10.0 Å². The number of amides is 1. The summed E-state index contributed by atoms with van der Waals surface area (Å²) in [4.78, 5) is 14.8. The number of thiophene rings is 1. The number of hydrogen-bond acceptors (Lipinski definition) is 5. The highest BCUT2D eigenvalue weighted by Crippen LogP contribution is 2.30. The predicted octanol–water partition coefficient (Wildman–Crippen LogP) is 4.34. The third-order valence-electron chi connectivity index (χ3n) is 4.76. The van der Waals surface area contributed by atoms with E-state index in [0.29, 0.717) is 34.5 Å². The summed E-state index contributed by atoms with van der Waals surface area (Å²) in [6.07, 6.45) is 0. The molecule has 30 heavy (non-hydrogen) atoms. The molecule has 1 aliphatic rings.